The predicted molar refractivity (Wildman–Crippen MR) is 42.8 cm³/mol. The maximum absolute atomic E-state index is 11.0. The van der Waals surface area contributed by atoms with Crippen molar-refractivity contribution < 1.29 is 9.59 Å². The van der Waals surface area contributed by atoms with Crippen LogP contribution in [-0.2, 0) is 9.59 Å². The summed E-state index contributed by atoms with van der Waals surface area (Å²) in [5, 5.41) is 0. The molecule has 1 saturated heterocycles. The second-order valence-electron chi connectivity index (χ2n) is 2.25. The fourth-order valence-corrected chi connectivity index (χ4v) is 1.44. The number of nitrogens with zero attached hydrogens (tertiary/aromatic N) is 2. The van der Waals surface area contributed by atoms with Gasteiger partial charge in [-0.05, 0) is 10.7 Å². The number of amides is 2. The Bertz CT molecular complexity index is 199. The zero-order chi connectivity index (χ0) is 8.43. The maximum atomic E-state index is 11.0. The quantitative estimate of drug-likeness (QED) is 0.556. The summed E-state index contributed by atoms with van der Waals surface area (Å²) < 4.78 is 1.24. The van der Waals surface area contributed by atoms with Crippen LogP contribution in [-0.4, -0.2) is 41.2 Å². The van der Waals surface area contributed by atoms with Crippen molar-refractivity contribution in [3.05, 3.63) is 0 Å². The Morgan fingerprint density at radius 3 is 2.55 bits per heavy atom. The first kappa shape index (κ1) is 8.67. The average Bonchev–Trinajstić information content (AvgIpc) is 1.97. The van der Waals surface area contributed by atoms with Crippen LogP contribution in [0.4, 0.5) is 0 Å². The predicted octanol–water partition coefficient (Wildman–Crippen LogP) is 0.0890. The van der Waals surface area contributed by atoms with E-state index in [2.05, 4.69) is 0 Å². The molecule has 0 aliphatic carbocycles. The van der Waals surface area contributed by atoms with Gasteiger partial charge in [-0.25, -0.2) is 0 Å². The topological polar surface area (TPSA) is 40.6 Å². The average molecular weight is 195 g/mol. The highest BCUT2D eigenvalue weighted by Crippen LogP contribution is 2.17. The molecule has 1 rings (SSSR count). The molecule has 0 aromatic carbocycles. The molecule has 0 saturated carbocycles. The van der Waals surface area contributed by atoms with Crippen LogP contribution < -0.4 is 0 Å². The molecular weight excluding hydrogens is 188 g/mol. The van der Waals surface area contributed by atoms with Crippen molar-refractivity contribution in [3.8, 4) is 0 Å². The third kappa shape index (κ3) is 1.78. The van der Waals surface area contributed by atoms with E-state index >= 15 is 0 Å². The first-order valence-corrected chi connectivity index (χ1v) is 4.58. The molecule has 4 nitrogen and oxygen atoms in total. The molecule has 0 aromatic heterocycles. The first-order chi connectivity index (χ1) is 5.15. The number of hydrogen-bond acceptors (Lipinski definition) is 3. The largest absolute Gasteiger partial charge is 0.335 e. The Labute approximate surface area is 73.1 Å². The van der Waals surface area contributed by atoms with Crippen molar-refractivity contribution in [3.63, 3.8) is 0 Å². The number of hydrogen-bond donors (Lipinski definition) is 0. The van der Waals surface area contributed by atoms with Gasteiger partial charge in [0.2, 0.25) is 5.91 Å². The van der Waals surface area contributed by atoms with E-state index in [0.29, 0.717) is 0 Å². The zero-order valence-electron chi connectivity index (χ0n) is 5.91. The fourth-order valence-electron chi connectivity index (χ4n) is 0.765. The summed E-state index contributed by atoms with van der Waals surface area (Å²) in [6.45, 7) is 0.196. The monoisotopic (exact) mass is 194 g/mol. The molecular formula is C5H7ClN2O2S. The second kappa shape index (κ2) is 3.32. The Balaban J connectivity index is 2.62. The van der Waals surface area contributed by atoms with Crippen molar-refractivity contribution in [1.29, 1.82) is 0 Å². The molecule has 0 spiro atoms. The Hall–Kier alpha value is -0.420. The smallest absolute Gasteiger partial charge is 0.253 e. The van der Waals surface area contributed by atoms with E-state index in [4.69, 9.17) is 10.7 Å². The van der Waals surface area contributed by atoms with Gasteiger partial charge in [-0.2, -0.15) is 0 Å². The van der Waals surface area contributed by atoms with Crippen LogP contribution in [0.5, 0.6) is 0 Å². The molecule has 1 aliphatic heterocycles. The molecule has 0 aromatic rings. The van der Waals surface area contributed by atoms with Gasteiger partial charge in [-0.15, -0.1) is 0 Å². The summed E-state index contributed by atoms with van der Waals surface area (Å²) in [7, 11) is 6.93. The summed E-state index contributed by atoms with van der Waals surface area (Å²) in [5.74, 6) is -0.218. The maximum Gasteiger partial charge on any atom is 0.253 e. The van der Waals surface area contributed by atoms with E-state index in [-0.39, 0.29) is 24.9 Å². The summed E-state index contributed by atoms with van der Waals surface area (Å²) in [6.07, 6.45) is 0. The molecule has 1 aliphatic rings. The van der Waals surface area contributed by atoms with Crippen molar-refractivity contribution in [1.82, 2.24) is 9.21 Å². The summed E-state index contributed by atoms with van der Waals surface area (Å²) in [6, 6.07) is 0. The van der Waals surface area contributed by atoms with E-state index in [1.165, 1.54) is 9.21 Å². The van der Waals surface area contributed by atoms with Crippen molar-refractivity contribution >= 4 is 33.7 Å². The molecule has 1 heterocycles. The van der Waals surface area contributed by atoms with Gasteiger partial charge in [0.1, 0.15) is 13.1 Å². The van der Waals surface area contributed by atoms with Gasteiger partial charge in [-0.1, -0.05) is 0 Å². The van der Waals surface area contributed by atoms with Crippen LogP contribution in [0, 0.1) is 0 Å². The summed E-state index contributed by atoms with van der Waals surface area (Å²) in [4.78, 5) is 23.4. The lowest BCUT2D eigenvalue weighted by molar-refractivity contribution is -0.143. The molecule has 6 heteroatoms. The standard InChI is InChI=1S/C5H7ClN2O2S/c1-7-2-5(10)8(11-6)3-4(7)9/h2-3H2,1H3. The van der Waals surface area contributed by atoms with Gasteiger partial charge in [0.15, 0.2) is 0 Å². The van der Waals surface area contributed by atoms with Crippen LogP contribution in [0.3, 0.4) is 0 Å². The van der Waals surface area contributed by atoms with E-state index in [1.807, 2.05) is 0 Å². The minimum atomic E-state index is -0.132. The first-order valence-electron chi connectivity index (χ1n) is 2.98. The second-order valence-corrected chi connectivity index (χ2v) is 3.24. The molecule has 0 atom stereocenters. The number of rotatable bonds is 1. The van der Waals surface area contributed by atoms with E-state index in [1.54, 1.807) is 7.05 Å². The molecule has 11 heavy (non-hydrogen) atoms. The lowest BCUT2D eigenvalue weighted by atomic mass is 10.4. The Morgan fingerprint density at radius 2 is 2.00 bits per heavy atom. The van der Waals surface area contributed by atoms with Crippen molar-refractivity contribution in [2.24, 2.45) is 0 Å². The van der Waals surface area contributed by atoms with Gasteiger partial charge >= 0.3 is 0 Å². The highest BCUT2D eigenvalue weighted by Gasteiger charge is 2.27. The molecule has 0 bridgehead atoms. The summed E-state index contributed by atoms with van der Waals surface area (Å²) >= 11 is 0.768. The molecule has 2 amide bonds. The van der Waals surface area contributed by atoms with Crippen LogP contribution in [0.1, 0.15) is 0 Å². The lowest BCUT2D eigenvalue weighted by Crippen LogP contribution is -2.48. The van der Waals surface area contributed by atoms with Crippen LogP contribution in [0.25, 0.3) is 0 Å². The van der Waals surface area contributed by atoms with E-state index in [9.17, 15) is 9.59 Å². The third-order valence-electron chi connectivity index (χ3n) is 1.44. The third-order valence-corrected chi connectivity index (χ3v) is 2.44. The highest BCUT2D eigenvalue weighted by atomic mass is 35.7. The minimum Gasteiger partial charge on any atom is -0.335 e. The van der Waals surface area contributed by atoms with Gasteiger partial charge < -0.3 is 4.90 Å². The minimum absolute atomic E-state index is 0.0729. The van der Waals surface area contributed by atoms with Gasteiger partial charge in [0, 0.05) is 7.05 Å². The SMILES string of the molecule is CN1CC(=O)N(SCl)CC1=O. The number of likely N-dealkylation sites (N-methyl/N-ethyl adjacent to an activating group) is 1. The van der Waals surface area contributed by atoms with Gasteiger partial charge in [0.05, 0.1) is 11.2 Å². The van der Waals surface area contributed by atoms with Gasteiger partial charge in [-0.3, -0.25) is 13.9 Å². The highest BCUT2D eigenvalue weighted by molar-refractivity contribution is 8.19. The molecule has 0 unspecified atom stereocenters. The number of piperazine rings is 1. The van der Waals surface area contributed by atoms with E-state index in [0.717, 1.165) is 11.2 Å². The lowest BCUT2D eigenvalue weighted by Gasteiger charge is -2.28. The van der Waals surface area contributed by atoms with Crippen LogP contribution in [0.15, 0.2) is 0 Å². The number of carbonyl (C=O) groups excluding carboxylic acids is 2. The molecule has 0 radical (unpaired) electrons. The fraction of sp³-hybridized carbons (Fsp3) is 0.600. The van der Waals surface area contributed by atoms with Crippen molar-refractivity contribution in [2.45, 2.75) is 0 Å². The van der Waals surface area contributed by atoms with Crippen LogP contribution >= 0.6 is 21.8 Å². The van der Waals surface area contributed by atoms with Crippen molar-refractivity contribution in [2.75, 3.05) is 20.1 Å². The molecule has 0 N–H and O–H groups in total. The van der Waals surface area contributed by atoms with Crippen LogP contribution in [0.2, 0.25) is 0 Å². The molecule has 1 fully saturated rings. The summed E-state index contributed by atoms with van der Waals surface area (Å²) in [5.41, 5.74) is 0. The number of halogens is 1. The normalized spacial score (nSPS) is 19.5. The Morgan fingerprint density at radius 1 is 1.36 bits per heavy atom. The number of carbonyl (C=O) groups is 2. The Kier molecular flexibility index (Phi) is 2.62. The van der Waals surface area contributed by atoms with E-state index < -0.39 is 0 Å². The van der Waals surface area contributed by atoms with Gasteiger partial charge in [0.25, 0.3) is 5.91 Å². The zero-order valence-corrected chi connectivity index (χ0v) is 7.48. The molecule has 62 valence electrons.